The van der Waals surface area contributed by atoms with Gasteiger partial charge in [0.15, 0.2) is 3.84 Å². The van der Waals surface area contributed by atoms with E-state index in [1.165, 1.54) is 0 Å². The smallest absolute Gasteiger partial charge is 0.199 e. The molecule has 0 aromatic rings. The molecular formula is C6H8IN3. The zero-order valence-electron chi connectivity index (χ0n) is 5.93. The van der Waals surface area contributed by atoms with Crippen LogP contribution in [-0.4, -0.2) is 27.3 Å². The summed E-state index contributed by atoms with van der Waals surface area (Å²) in [6, 6.07) is 5.77. The fraction of sp³-hybridized carbons (Fsp3) is 0.500. The van der Waals surface area contributed by atoms with Crippen molar-refractivity contribution in [2.24, 2.45) is 5.10 Å². The first kappa shape index (κ1) is 7.66. The van der Waals surface area contributed by atoms with Gasteiger partial charge in [0.25, 0.3) is 0 Å². The monoisotopic (exact) mass is 249 g/mol. The summed E-state index contributed by atoms with van der Waals surface area (Å²) in [7, 11) is 1.83. The van der Waals surface area contributed by atoms with E-state index in [0.717, 1.165) is 10.4 Å². The summed E-state index contributed by atoms with van der Waals surface area (Å²) < 4.78 is 0.932. The average molecular weight is 249 g/mol. The van der Waals surface area contributed by atoms with Crippen LogP contribution in [0.1, 0.15) is 6.92 Å². The van der Waals surface area contributed by atoms with Crippen molar-refractivity contribution in [2.45, 2.75) is 6.92 Å². The largest absolute Gasteiger partial charge is 0.278 e. The molecule has 0 spiro atoms. The molecule has 1 heterocycles. The number of nitrogens with zero attached hydrogens (tertiary/aromatic N) is 3. The minimum atomic E-state index is 0.891. The van der Waals surface area contributed by atoms with Gasteiger partial charge in [-0.05, 0) is 6.92 Å². The van der Waals surface area contributed by atoms with Gasteiger partial charge in [0.2, 0.25) is 0 Å². The molecule has 10 heavy (non-hydrogen) atoms. The van der Waals surface area contributed by atoms with Gasteiger partial charge in [-0.1, -0.05) is 0 Å². The van der Waals surface area contributed by atoms with Gasteiger partial charge in [-0.25, -0.2) is 5.01 Å². The van der Waals surface area contributed by atoms with Crippen LogP contribution in [0, 0.1) is 12.1 Å². The Labute approximate surface area is 74.2 Å². The van der Waals surface area contributed by atoms with Crippen molar-refractivity contribution >= 4 is 26.4 Å². The highest BCUT2D eigenvalue weighted by molar-refractivity contribution is 14.1. The van der Waals surface area contributed by atoms with Gasteiger partial charge in [-0.15, -0.1) is 5.10 Å². The number of halogens is 1. The van der Waals surface area contributed by atoms with Crippen LogP contribution in [0.4, 0.5) is 0 Å². The lowest BCUT2D eigenvalue weighted by Crippen LogP contribution is -2.27. The molecule has 0 fully saturated rings. The van der Waals surface area contributed by atoms with Crippen LogP contribution < -0.4 is 0 Å². The molecule has 4 heteroatoms. The predicted octanol–water partition coefficient (Wildman–Crippen LogP) is 0.878. The second-order valence-corrected chi connectivity index (χ2v) is 2.83. The van der Waals surface area contributed by atoms with Gasteiger partial charge in [0.1, 0.15) is 0 Å². The molecule has 54 valence electrons. The first-order chi connectivity index (χ1) is 4.74. The van der Waals surface area contributed by atoms with Gasteiger partial charge < -0.3 is 0 Å². The van der Waals surface area contributed by atoms with Crippen molar-refractivity contribution in [1.29, 1.82) is 0 Å². The molecular weight excluding hydrogens is 241 g/mol. The van der Waals surface area contributed by atoms with Crippen molar-refractivity contribution < 1.29 is 0 Å². The van der Waals surface area contributed by atoms with Gasteiger partial charge >= 0.3 is 0 Å². The lowest BCUT2D eigenvalue weighted by atomic mass is 10.6. The van der Waals surface area contributed by atoms with E-state index in [0.29, 0.717) is 0 Å². The highest BCUT2D eigenvalue weighted by atomic mass is 127. The maximum absolute atomic E-state index is 4.12. The molecule has 0 aliphatic carbocycles. The summed E-state index contributed by atoms with van der Waals surface area (Å²) in [6.45, 7) is 2.94. The Morgan fingerprint density at radius 2 is 2.30 bits per heavy atom. The molecule has 0 aromatic carbocycles. The topological polar surface area (TPSA) is 18.8 Å². The third-order valence-electron chi connectivity index (χ3n) is 1.12. The first-order valence-corrected chi connectivity index (χ1v) is 4.08. The molecule has 0 saturated carbocycles. The lowest BCUT2D eigenvalue weighted by Gasteiger charge is -2.18. The molecule has 0 bridgehead atoms. The Bertz CT molecular complexity index is 213. The molecule has 0 saturated heterocycles. The van der Waals surface area contributed by atoms with Gasteiger partial charge in [0, 0.05) is 42.2 Å². The van der Waals surface area contributed by atoms with Crippen LogP contribution in [0.5, 0.6) is 0 Å². The van der Waals surface area contributed by atoms with Crippen LogP contribution in [-0.2, 0) is 0 Å². The van der Waals surface area contributed by atoms with E-state index in [1.54, 1.807) is 5.01 Å². The van der Waals surface area contributed by atoms with E-state index in [1.807, 2.05) is 18.9 Å². The Kier molecular flexibility index (Phi) is 2.38. The van der Waals surface area contributed by atoms with E-state index in [9.17, 15) is 0 Å². The van der Waals surface area contributed by atoms with E-state index in [4.69, 9.17) is 0 Å². The Morgan fingerprint density at radius 1 is 1.60 bits per heavy atom. The molecule has 1 aliphatic heterocycles. The predicted molar refractivity (Wildman–Crippen MR) is 49.4 cm³/mol. The highest BCUT2D eigenvalue weighted by Gasteiger charge is 2.06. The molecule has 0 unspecified atom stereocenters. The van der Waals surface area contributed by atoms with E-state index < -0.39 is 0 Å². The third-order valence-corrected chi connectivity index (χ3v) is 1.92. The third kappa shape index (κ3) is 1.53. The molecule has 0 radical (unpaired) electrons. The number of rotatable bonds is 1. The maximum atomic E-state index is 4.12. The van der Waals surface area contributed by atoms with E-state index in [-0.39, 0.29) is 0 Å². The van der Waals surface area contributed by atoms with Crippen molar-refractivity contribution in [2.75, 3.05) is 13.6 Å². The van der Waals surface area contributed by atoms with Crippen LogP contribution in [0.3, 0.4) is 0 Å². The SMILES string of the molecule is CCN1C#CN(C)N=C1I. The standard InChI is InChI=1S/C6H8IN3/c1-3-10-5-4-9(2)8-6(10)7/h3H2,1-2H3. The molecule has 0 N–H and O–H groups in total. The van der Waals surface area contributed by atoms with Crippen molar-refractivity contribution in [3.8, 4) is 12.1 Å². The summed E-state index contributed by atoms with van der Waals surface area (Å²) in [5.74, 6) is 0. The fourth-order valence-corrected chi connectivity index (χ4v) is 1.38. The first-order valence-electron chi connectivity index (χ1n) is 3.00. The normalized spacial score (nSPS) is 16.1. The van der Waals surface area contributed by atoms with E-state index in [2.05, 4.69) is 39.8 Å². The quantitative estimate of drug-likeness (QED) is 0.390. The second-order valence-electron chi connectivity index (χ2n) is 1.86. The van der Waals surface area contributed by atoms with Crippen molar-refractivity contribution in [3.63, 3.8) is 0 Å². The summed E-state index contributed by atoms with van der Waals surface area (Å²) in [6.07, 6.45) is 0. The Hall–Kier alpha value is -0.440. The molecule has 1 rings (SSSR count). The summed E-state index contributed by atoms with van der Waals surface area (Å²) >= 11 is 2.17. The van der Waals surface area contributed by atoms with Crippen molar-refractivity contribution in [1.82, 2.24) is 9.91 Å². The summed E-state index contributed by atoms with van der Waals surface area (Å²) in [4.78, 5) is 1.90. The zero-order valence-corrected chi connectivity index (χ0v) is 8.08. The number of hydrogen-bond acceptors (Lipinski definition) is 3. The van der Waals surface area contributed by atoms with Crippen LogP contribution in [0.15, 0.2) is 5.10 Å². The Balaban J connectivity index is 2.73. The molecule has 1 aliphatic rings. The lowest BCUT2D eigenvalue weighted by molar-refractivity contribution is 0.480. The number of hydrogen-bond donors (Lipinski definition) is 0. The fourth-order valence-electron chi connectivity index (χ4n) is 0.591. The molecule has 0 amide bonds. The second kappa shape index (κ2) is 3.10. The summed E-state index contributed by atoms with van der Waals surface area (Å²) in [5.41, 5.74) is 0. The molecule has 0 aromatic heterocycles. The van der Waals surface area contributed by atoms with Crippen LogP contribution in [0.25, 0.3) is 0 Å². The van der Waals surface area contributed by atoms with Crippen LogP contribution in [0.2, 0.25) is 0 Å². The molecule has 3 nitrogen and oxygen atoms in total. The summed E-state index contributed by atoms with van der Waals surface area (Å²) in [5, 5.41) is 5.74. The van der Waals surface area contributed by atoms with E-state index >= 15 is 0 Å². The maximum Gasteiger partial charge on any atom is 0.199 e. The Morgan fingerprint density at radius 3 is 2.80 bits per heavy atom. The average Bonchev–Trinajstić information content (AvgIpc) is 1.88. The van der Waals surface area contributed by atoms with Gasteiger partial charge in [-0.3, -0.25) is 4.90 Å². The van der Waals surface area contributed by atoms with Gasteiger partial charge in [-0.2, -0.15) is 0 Å². The van der Waals surface area contributed by atoms with Gasteiger partial charge in [0.05, 0.1) is 6.04 Å². The minimum Gasteiger partial charge on any atom is -0.278 e. The minimum absolute atomic E-state index is 0.891. The van der Waals surface area contributed by atoms with Crippen LogP contribution >= 0.6 is 22.6 Å². The molecule has 0 atom stereocenters. The highest BCUT2D eigenvalue weighted by Crippen LogP contribution is 2.03. The van der Waals surface area contributed by atoms with Crippen molar-refractivity contribution in [3.05, 3.63) is 0 Å². The number of hydrazone groups is 1. The zero-order chi connectivity index (χ0) is 7.56. The number of amidine groups is 1.